The molecule has 0 amide bonds. The van der Waals surface area contributed by atoms with Gasteiger partial charge in [0.05, 0.1) is 6.67 Å². The quantitative estimate of drug-likeness (QED) is 0.361. The molecule has 1 atom stereocenters. The largest absolute Gasteiger partial charge is 0.508 e. The van der Waals surface area contributed by atoms with Gasteiger partial charge in [0.25, 0.3) is 0 Å². The summed E-state index contributed by atoms with van der Waals surface area (Å²) < 4.78 is 18.8. The first-order valence-corrected chi connectivity index (χ1v) is 14.2. The smallest absolute Gasteiger partial charge is 0.119 e. The first-order valence-electron chi connectivity index (χ1n) is 13.2. The Balaban J connectivity index is 1.34. The summed E-state index contributed by atoms with van der Waals surface area (Å²) in [7, 11) is 0. The molecule has 0 bridgehead atoms. The fourth-order valence-corrected chi connectivity index (χ4v) is 6.77. The molecule has 1 aliphatic carbocycles. The molecular weight excluding hydrogens is 481 g/mol. The van der Waals surface area contributed by atoms with Crippen LogP contribution < -0.4 is 4.74 Å². The van der Waals surface area contributed by atoms with Crippen molar-refractivity contribution in [1.29, 1.82) is 0 Å². The van der Waals surface area contributed by atoms with Crippen molar-refractivity contribution in [2.24, 2.45) is 0 Å². The highest BCUT2D eigenvalue weighted by Crippen LogP contribution is 2.44. The first-order chi connectivity index (χ1) is 18.2. The Morgan fingerprint density at radius 1 is 1.03 bits per heavy atom. The highest BCUT2D eigenvalue weighted by Gasteiger charge is 2.25. The maximum atomic E-state index is 12.5. The van der Waals surface area contributed by atoms with Crippen molar-refractivity contribution in [2.45, 2.75) is 36.7 Å². The minimum atomic E-state index is -0.259. The molecule has 0 radical (unpaired) electrons. The summed E-state index contributed by atoms with van der Waals surface area (Å²) in [4.78, 5) is 3.41. The van der Waals surface area contributed by atoms with Crippen molar-refractivity contribution >= 4 is 29.0 Å². The zero-order chi connectivity index (χ0) is 25.2. The summed E-state index contributed by atoms with van der Waals surface area (Å²) in [5.41, 5.74) is 8.85. The van der Waals surface area contributed by atoms with Crippen molar-refractivity contribution in [3.63, 3.8) is 0 Å². The standard InChI is InChI=1S/C32H32FNO2S/c33-15-2-16-34-17-13-28(21-34)36-27-10-7-23(8-11-27)32-29(25-6-5-22-3-1-4-24(22)19-25)14-18-37-31-20-26(35)9-12-30(31)32/h1,4-12,19-20,28,35H,2-3,13-18,21H2/t28-/m0/s1. The maximum absolute atomic E-state index is 12.5. The Morgan fingerprint density at radius 3 is 2.76 bits per heavy atom. The summed E-state index contributed by atoms with van der Waals surface area (Å²) in [6, 6.07) is 21.1. The summed E-state index contributed by atoms with van der Waals surface area (Å²) in [6.45, 7) is 2.37. The number of nitrogens with zero attached hydrogens (tertiary/aromatic N) is 1. The molecule has 3 aromatic rings. The van der Waals surface area contributed by atoms with Crippen LogP contribution in [0.15, 0.2) is 71.6 Å². The van der Waals surface area contributed by atoms with Crippen molar-refractivity contribution in [3.8, 4) is 11.5 Å². The number of halogens is 1. The summed E-state index contributed by atoms with van der Waals surface area (Å²) in [5.74, 6) is 2.14. The van der Waals surface area contributed by atoms with Crippen LogP contribution in [0, 0.1) is 0 Å². The number of likely N-dealkylation sites (tertiary alicyclic amines) is 1. The second-order valence-corrected chi connectivity index (χ2v) is 11.2. The van der Waals surface area contributed by atoms with Gasteiger partial charge in [0.2, 0.25) is 0 Å². The second kappa shape index (κ2) is 10.8. The molecule has 1 N–H and O–H groups in total. The number of hydrogen-bond donors (Lipinski definition) is 1. The molecule has 190 valence electrons. The predicted octanol–water partition coefficient (Wildman–Crippen LogP) is 7.23. The van der Waals surface area contributed by atoms with Gasteiger partial charge in [-0.25, -0.2) is 0 Å². The van der Waals surface area contributed by atoms with Gasteiger partial charge in [-0.05, 0) is 101 Å². The number of alkyl halides is 1. The van der Waals surface area contributed by atoms with Gasteiger partial charge in [-0.15, -0.1) is 11.8 Å². The van der Waals surface area contributed by atoms with Crippen molar-refractivity contribution < 1.29 is 14.2 Å². The lowest BCUT2D eigenvalue weighted by molar-refractivity contribution is 0.198. The summed E-state index contributed by atoms with van der Waals surface area (Å²) >= 11 is 1.81. The molecule has 5 heteroatoms. The lowest BCUT2D eigenvalue weighted by atomic mass is 9.87. The van der Waals surface area contributed by atoms with E-state index in [9.17, 15) is 9.50 Å². The average molecular weight is 514 g/mol. The molecule has 3 aliphatic rings. The highest BCUT2D eigenvalue weighted by molar-refractivity contribution is 7.99. The number of ether oxygens (including phenoxy) is 1. The Kier molecular flexibility index (Phi) is 7.08. The monoisotopic (exact) mass is 513 g/mol. The third kappa shape index (κ3) is 5.21. The van der Waals surface area contributed by atoms with E-state index in [0.29, 0.717) is 12.2 Å². The van der Waals surface area contributed by atoms with E-state index in [1.807, 2.05) is 17.8 Å². The van der Waals surface area contributed by atoms with Crippen LogP contribution in [0.25, 0.3) is 17.2 Å². The van der Waals surface area contributed by atoms with E-state index in [4.69, 9.17) is 4.74 Å². The van der Waals surface area contributed by atoms with Crippen molar-refractivity contribution in [2.75, 3.05) is 32.1 Å². The molecule has 0 spiro atoms. The fraction of sp³-hybridized carbons (Fsp3) is 0.312. The highest BCUT2D eigenvalue weighted by atomic mass is 32.2. The van der Waals surface area contributed by atoms with Gasteiger partial charge in [-0.1, -0.05) is 36.4 Å². The number of rotatable bonds is 7. The Morgan fingerprint density at radius 2 is 1.89 bits per heavy atom. The van der Waals surface area contributed by atoms with E-state index in [2.05, 4.69) is 65.6 Å². The Labute approximate surface area is 222 Å². The van der Waals surface area contributed by atoms with Crippen LogP contribution in [0.4, 0.5) is 4.39 Å². The van der Waals surface area contributed by atoms with Crippen LogP contribution in [0.2, 0.25) is 0 Å². The van der Waals surface area contributed by atoms with Gasteiger partial charge in [-0.2, -0.15) is 0 Å². The van der Waals surface area contributed by atoms with Crippen LogP contribution in [0.5, 0.6) is 11.5 Å². The van der Waals surface area contributed by atoms with E-state index in [1.165, 1.54) is 33.4 Å². The van der Waals surface area contributed by atoms with E-state index in [0.717, 1.165) is 60.9 Å². The number of benzene rings is 3. The van der Waals surface area contributed by atoms with Crippen LogP contribution in [0.1, 0.15) is 47.1 Å². The van der Waals surface area contributed by atoms with Crippen LogP contribution in [-0.2, 0) is 6.42 Å². The number of aromatic hydroxyl groups is 1. The lowest BCUT2D eigenvalue weighted by Crippen LogP contribution is -2.26. The average Bonchev–Trinajstić information content (AvgIpc) is 3.53. The maximum Gasteiger partial charge on any atom is 0.119 e. The zero-order valence-corrected chi connectivity index (χ0v) is 21.8. The molecule has 6 rings (SSSR count). The first kappa shape index (κ1) is 24.3. The molecule has 2 heterocycles. The molecular formula is C32H32FNO2S. The lowest BCUT2D eigenvalue weighted by Gasteiger charge is -2.19. The number of allylic oxidation sites excluding steroid dienone is 2. The van der Waals surface area contributed by atoms with Gasteiger partial charge in [0.1, 0.15) is 17.6 Å². The second-order valence-electron chi connectivity index (χ2n) is 10.0. The number of phenolic OH excluding ortho intramolecular Hbond substituents is 1. The molecule has 2 aliphatic heterocycles. The molecule has 0 unspecified atom stereocenters. The number of hydrogen-bond acceptors (Lipinski definition) is 4. The van der Waals surface area contributed by atoms with Gasteiger partial charge in [-0.3, -0.25) is 9.29 Å². The third-order valence-corrected chi connectivity index (χ3v) is 8.62. The molecule has 0 aromatic heterocycles. The number of fused-ring (bicyclic) bond motifs is 2. The SMILES string of the molecule is Oc1ccc2c(c1)SCCC(c1ccc3c(c1)C=CC3)=C2c1ccc(O[C@H]2CCN(CCCF)C2)cc1. The number of thioether (sulfide) groups is 1. The number of phenols is 1. The van der Waals surface area contributed by atoms with E-state index in [-0.39, 0.29) is 12.8 Å². The van der Waals surface area contributed by atoms with E-state index in [1.54, 1.807) is 6.07 Å². The molecule has 0 saturated carbocycles. The normalized spacial score (nSPS) is 19.1. The molecule has 37 heavy (non-hydrogen) atoms. The van der Waals surface area contributed by atoms with Crippen molar-refractivity contribution in [1.82, 2.24) is 4.90 Å². The minimum absolute atomic E-state index is 0.151. The van der Waals surface area contributed by atoms with Gasteiger partial charge in [0.15, 0.2) is 0 Å². The van der Waals surface area contributed by atoms with E-state index >= 15 is 0 Å². The summed E-state index contributed by atoms with van der Waals surface area (Å²) in [6.07, 6.45) is 8.14. The topological polar surface area (TPSA) is 32.7 Å². The van der Waals surface area contributed by atoms with Gasteiger partial charge < -0.3 is 9.84 Å². The van der Waals surface area contributed by atoms with Gasteiger partial charge >= 0.3 is 0 Å². The predicted molar refractivity (Wildman–Crippen MR) is 151 cm³/mol. The molecule has 1 fully saturated rings. The summed E-state index contributed by atoms with van der Waals surface area (Å²) in [5, 5.41) is 10.2. The Hall–Kier alpha value is -3.02. The van der Waals surface area contributed by atoms with Crippen LogP contribution >= 0.6 is 11.8 Å². The molecule has 3 aromatic carbocycles. The Bertz CT molecular complexity index is 1350. The van der Waals surface area contributed by atoms with Crippen LogP contribution in [-0.4, -0.2) is 48.2 Å². The molecule has 1 saturated heterocycles. The fourth-order valence-electron chi connectivity index (χ4n) is 5.71. The van der Waals surface area contributed by atoms with Crippen LogP contribution in [0.3, 0.4) is 0 Å². The molecule has 3 nitrogen and oxygen atoms in total. The minimum Gasteiger partial charge on any atom is -0.508 e. The van der Waals surface area contributed by atoms with E-state index < -0.39 is 0 Å². The van der Waals surface area contributed by atoms with Gasteiger partial charge in [0, 0.05) is 30.3 Å². The van der Waals surface area contributed by atoms with Crippen molar-refractivity contribution in [3.05, 3.63) is 94.6 Å². The zero-order valence-electron chi connectivity index (χ0n) is 21.0. The third-order valence-electron chi connectivity index (χ3n) is 7.56.